The maximum absolute atomic E-state index is 14.5. The summed E-state index contributed by atoms with van der Waals surface area (Å²) in [5.41, 5.74) is 2.83. The summed E-state index contributed by atoms with van der Waals surface area (Å²) in [6.07, 6.45) is 6.66. The Kier molecular flexibility index (Phi) is 16.0. The largest absolute Gasteiger partial charge is 0.379 e. The summed E-state index contributed by atoms with van der Waals surface area (Å²) in [5.74, 6) is -0.353. The number of methoxy groups -OCH3 is 2. The molecule has 11 atom stereocenters. The van der Waals surface area contributed by atoms with E-state index in [9.17, 15) is 19.2 Å². The van der Waals surface area contributed by atoms with Crippen molar-refractivity contribution < 1.29 is 28.7 Å². The monoisotopic (exact) mass is 854 g/mol. The Morgan fingerprint density at radius 3 is 2.24 bits per heavy atom. The molecule has 1 aromatic heterocycles. The second-order valence-electron chi connectivity index (χ2n) is 18.4. The number of likely N-dealkylation sites (N-methyl/N-ethyl adjacent to an activating group) is 2. The molecule has 3 aliphatic rings. The normalized spacial score (nSPS) is 23.4. The Balaban J connectivity index is 1.14. The second-order valence-corrected chi connectivity index (χ2v) is 18.4. The van der Waals surface area contributed by atoms with Gasteiger partial charge in [-0.15, -0.1) is 0 Å². The molecule has 3 N–H and O–H groups in total. The number of aromatic nitrogens is 2. The van der Waals surface area contributed by atoms with E-state index in [1.807, 2.05) is 99.6 Å². The molecule has 6 rings (SSSR count). The van der Waals surface area contributed by atoms with Crippen LogP contribution in [0.1, 0.15) is 97.0 Å². The maximum Gasteiger partial charge on any atom is 0.245 e. The van der Waals surface area contributed by atoms with Crippen LogP contribution in [0.25, 0.3) is 11.3 Å². The first-order valence-electron chi connectivity index (χ1n) is 22.9. The molecule has 0 radical (unpaired) electrons. The molecule has 2 saturated heterocycles. The minimum atomic E-state index is -0.719. The van der Waals surface area contributed by atoms with Crippen molar-refractivity contribution in [3.63, 3.8) is 0 Å². The molecule has 13 heteroatoms. The molecule has 0 unspecified atom stereocenters. The number of hydrogen-bond donors (Lipinski definition) is 3. The number of rotatable bonds is 20. The zero-order valence-corrected chi connectivity index (χ0v) is 38.4. The third-order valence-corrected chi connectivity index (χ3v) is 14.3. The minimum Gasteiger partial charge on any atom is -0.379 e. The summed E-state index contributed by atoms with van der Waals surface area (Å²) in [6, 6.07) is 18.2. The zero-order valence-electron chi connectivity index (χ0n) is 38.4. The van der Waals surface area contributed by atoms with Crippen LogP contribution in [0, 0.1) is 23.7 Å². The van der Waals surface area contributed by atoms with Gasteiger partial charge in [0.15, 0.2) is 0 Å². The molecule has 1 saturated carbocycles. The van der Waals surface area contributed by atoms with Crippen molar-refractivity contribution in [2.24, 2.45) is 23.7 Å². The van der Waals surface area contributed by atoms with Crippen molar-refractivity contribution in [3.05, 3.63) is 78.2 Å². The number of piperidine rings is 1. The standard InChI is InChI=1S/C49H71N7O6/c1-10-31(4)43(55(7)49(60)42(30(2)3)53-48(59)44-35-23-24-36(27-35)54(44)6)40(61-8)28-41(57)56-25-17-22-39(56)45(62-9)32(5)47(58)52-37(26-33-18-13-11-14-19-33)46-50-29-38(51-46)34-20-15-12-16-21-34/h11-16,18-21,29-32,35-37,39-40,42-45H,10,17,22-28H2,1-9H3,(H,50,51)(H,52,58)(H,53,59)/t31-,32+,35-,36+,37-,39-,40+,42-,43-,44-,45+/m0/s1. The highest BCUT2D eigenvalue weighted by molar-refractivity contribution is 5.90. The van der Waals surface area contributed by atoms with Gasteiger partial charge in [0, 0.05) is 45.6 Å². The number of fused-ring (bicyclic) bond motifs is 2. The molecule has 2 aromatic carbocycles. The number of imidazole rings is 1. The third-order valence-electron chi connectivity index (χ3n) is 14.3. The Bertz CT molecular complexity index is 1940. The van der Waals surface area contributed by atoms with Gasteiger partial charge in [-0.05, 0) is 68.9 Å². The van der Waals surface area contributed by atoms with Gasteiger partial charge in [-0.25, -0.2) is 4.98 Å². The van der Waals surface area contributed by atoms with Crippen molar-refractivity contribution in [3.8, 4) is 11.3 Å². The number of H-pyrrole nitrogens is 1. The lowest BCUT2D eigenvalue weighted by Gasteiger charge is -2.41. The average molecular weight is 854 g/mol. The van der Waals surface area contributed by atoms with Crippen LogP contribution in [0.15, 0.2) is 66.9 Å². The zero-order chi connectivity index (χ0) is 44.7. The van der Waals surface area contributed by atoms with Crippen LogP contribution in [0.3, 0.4) is 0 Å². The molecule has 13 nitrogen and oxygen atoms in total. The van der Waals surface area contributed by atoms with Gasteiger partial charge < -0.3 is 34.9 Å². The highest BCUT2D eigenvalue weighted by Gasteiger charge is 2.49. The van der Waals surface area contributed by atoms with E-state index in [-0.39, 0.29) is 54.0 Å². The van der Waals surface area contributed by atoms with E-state index in [2.05, 4.69) is 34.4 Å². The van der Waals surface area contributed by atoms with Gasteiger partial charge in [0.2, 0.25) is 23.6 Å². The number of aromatic amines is 1. The first-order chi connectivity index (χ1) is 29.8. The van der Waals surface area contributed by atoms with E-state index in [1.165, 1.54) is 0 Å². The summed E-state index contributed by atoms with van der Waals surface area (Å²) in [7, 11) is 6.99. The second kappa shape index (κ2) is 21.2. The van der Waals surface area contributed by atoms with Gasteiger partial charge >= 0.3 is 0 Å². The molecule has 338 valence electrons. The van der Waals surface area contributed by atoms with E-state index in [4.69, 9.17) is 14.5 Å². The van der Waals surface area contributed by atoms with E-state index in [0.29, 0.717) is 37.2 Å². The van der Waals surface area contributed by atoms with Crippen LogP contribution in [-0.2, 0) is 35.1 Å². The number of hydrogen-bond acceptors (Lipinski definition) is 8. The number of likely N-dealkylation sites (tertiary alicyclic amines) is 2. The smallest absolute Gasteiger partial charge is 0.245 e. The number of carbonyl (C=O) groups excluding carboxylic acids is 4. The van der Waals surface area contributed by atoms with Crippen LogP contribution in [0.5, 0.6) is 0 Å². The fourth-order valence-electron chi connectivity index (χ4n) is 10.5. The van der Waals surface area contributed by atoms with Crippen molar-refractivity contribution >= 4 is 23.6 Å². The summed E-state index contributed by atoms with van der Waals surface area (Å²) in [5, 5.41) is 6.43. The number of ether oxygens (including phenoxy) is 2. The van der Waals surface area contributed by atoms with Crippen molar-refractivity contribution in [2.75, 3.05) is 34.9 Å². The minimum absolute atomic E-state index is 0.00602. The van der Waals surface area contributed by atoms with Gasteiger partial charge in [0.1, 0.15) is 11.9 Å². The molecular weight excluding hydrogens is 783 g/mol. The highest BCUT2D eigenvalue weighted by Crippen LogP contribution is 2.41. The number of nitrogens with one attached hydrogen (secondary N) is 3. The Morgan fingerprint density at radius 2 is 1.63 bits per heavy atom. The molecule has 2 aliphatic heterocycles. The number of amides is 4. The predicted molar refractivity (Wildman–Crippen MR) is 241 cm³/mol. The van der Waals surface area contributed by atoms with Crippen LogP contribution < -0.4 is 10.6 Å². The quantitative estimate of drug-likeness (QED) is 0.125. The Morgan fingerprint density at radius 1 is 0.935 bits per heavy atom. The predicted octanol–water partition coefficient (Wildman–Crippen LogP) is 6.02. The molecule has 3 heterocycles. The summed E-state index contributed by atoms with van der Waals surface area (Å²) < 4.78 is 12.2. The maximum atomic E-state index is 14.5. The Labute approximate surface area is 369 Å². The van der Waals surface area contributed by atoms with Crippen molar-refractivity contribution in [2.45, 2.75) is 134 Å². The van der Waals surface area contributed by atoms with E-state index >= 15 is 0 Å². The van der Waals surface area contributed by atoms with E-state index < -0.39 is 36.3 Å². The first-order valence-corrected chi connectivity index (χ1v) is 22.9. The van der Waals surface area contributed by atoms with Crippen LogP contribution in [0.4, 0.5) is 0 Å². The van der Waals surface area contributed by atoms with E-state index in [1.54, 1.807) is 26.2 Å². The molecule has 62 heavy (non-hydrogen) atoms. The lowest BCUT2D eigenvalue weighted by atomic mass is 9.89. The first kappa shape index (κ1) is 46.9. The number of benzene rings is 2. The lowest BCUT2D eigenvalue weighted by molar-refractivity contribution is -0.148. The molecule has 2 bridgehead atoms. The van der Waals surface area contributed by atoms with Gasteiger partial charge in [-0.2, -0.15) is 0 Å². The lowest BCUT2D eigenvalue weighted by Crippen LogP contribution is -2.60. The van der Waals surface area contributed by atoms with Crippen LogP contribution in [-0.4, -0.2) is 126 Å². The van der Waals surface area contributed by atoms with Crippen molar-refractivity contribution in [1.29, 1.82) is 0 Å². The van der Waals surface area contributed by atoms with Gasteiger partial charge in [-0.3, -0.25) is 24.1 Å². The van der Waals surface area contributed by atoms with Crippen LogP contribution in [0.2, 0.25) is 0 Å². The topological polar surface area (TPSA) is 149 Å². The van der Waals surface area contributed by atoms with Gasteiger partial charge in [-0.1, -0.05) is 102 Å². The fraction of sp³-hybridized carbons (Fsp3) is 0.612. The number of carbonyl (C=O) groups is 4. The van der Waals surface area contributed by atoms with Gasteiger partial charge in [0.25, 0.3) is 0 Å². The van der Waals surface area contributed by atoms with E-state index in [0.717, 1.165) is 48.9 Å². The Hall–Kier alpha value is -4.59. The van der Waals surface area contributed by atoms with Gasteiger partial charge in [0.05, 0.1) is 54.4 Å². The average Bonchev–Trinajstić information content (AvgIpc) is 4.12. The molecular formula is C49H71N7O6. The number of nitrogens with zero attached hydrogens (tertiary/aromatic N) is 4. The third kappa shape index (κ3) is 10.4. The summed E-state index contributed by atoms with van der Waals surface area (Å²) in [6.45, 7) is 10.5. The highest BCUT2D eigenvalue weighted by atomic mass is 16.5. The molecule has 3 fully saturated rings. The molecule has 1 aliphatic carbocycles. The molecule has 0 spiro atoms. The van der Waals surface area contributed by atoms with Crippen molar-refractivity contribution in [1.82, 2.24) is 35.3 Å². The SMILES string of the molecule is CC[C@H](C)[C@@H]([C@@H](CC(=O)N1CCC[C@H]1[C@H](OC)[C@@H](C)C(=O)N[C@@H](Cc1ccccc1)c1nc(-c2ccccc2)c[nH]1)OC)N(C)C(=O)[C@@H](NC(=O)[C@@H]1[C@H]2CC[C@H](C2)N1C)C(C)C. The summed E-state index contributed by atoms with van der Waals surface area (Å²) >= 11 is 0. The molecule has 4 amide bonds. The fourth-order valence-corrected chi connectivity index (χ4v) is 10.5. The van der Waals surface area contributed by atoms with Crippen LogP contribution >= 0.6 is 0 Å². The molecule has 3 aromatic rings. The summed E-state index contributed by atoms with van der Waals surface area (Å²) in [4.78, 5) is 70.9.